The monoisotopic (exact) mass is 364 g/mol. The Hall–Kier alpha value is -1.07. The number of hydrogen-bond acceptors (Lipinski definition) is 5. The summed E-state index contributed by atoms with van der Waals surface area (Å²) in [4.78, 5) is 8.99. The molecule has 0 fully saturated rings. The number of halogens is 4. The van der Waals surface area contributed by atoms with Crippen molar-refractivity contribution in [2.75, 3.05) is 13.2 Å². The van der Waals surface area contributed by atoms with Gasteiger partial charge >= 0.3 is 5.69 Å². The summed E-state index contributed by atoms with van der Waals surface area (Å²) >= 11 is 11.1. The number of aliphatic hydroxyl groups excluding tert-OH is 1. The van der Waals surface area contributed by atoms with Crippen molar-refractivity contribution in [2.24, 2.45) is 0 Å². The van der Waals surface area contributed by atoms with E-state index in [0.717, 1.165) is 12.1 Å². The van der Waals surface area contributed by atoms with E-state index >= 15 is 0 Å². The lowest BCUT2D eigenvalue weighted by Crippen LogP contribution is -2.39. The lowest BCUT2D eigenvalue weighted by atomic mass is 10.3. The molecule has 1 aromatic rings. The number of alkyl halides is 2. The summed E-state index contributed by atoms with van der Waals surface area (Å²) in [6.07, 6.45) is 0. The number of nitro benzene ring substituents is 1. The van der Waals surface area contributed by atoms with Crippen LogP contribution < -0.4 is 4.72 Å². The standard InChI is InChI=1S/C9H8Cl2F2N2O5S/c10-5-1-2-6(7(11)8(5)15(17)18)21(19,20)14-3-9(12,13)4-16/h1-2,14,16H,3-4H2. The van der Waals surface area contributed by atoms with Gasteiger partial charge in [0, 0.05) is 0 Å². The highest BCUT2D eigenvalue weighted by Gasteiger charge is 2.33. The molecule has 0 aliphatic rings. The van der Waals surface area contributed by atoms with E-state index in [4.69, 9.17) is 28.3 Å². The van der Waals surface area contributed by atoms with Gasteiger partial charge in [-0.25, -0.2) is 21.9 Å². The maximum absolute atomic E-state index is 12.8. The zero-order valence-corrected chi connectivity index (χ0v) is 12.3. The van der Waals surface area contributed by atoms with Gasteiger partial charge in [-0.2, -0.15) is 0 Å². The zero-order chi connectivity index (χ0) is 16.4. The molecule has 12 heteroatoms. The van der Waals surface area contributed by atoms with Gasteiger partial charge in [0.15, 0.2) is 0 Å². The van der Waals surface area contributed by atoms with Crippen LogP contribution in [0.3, 0.4) is 0 Å². The van der Waals surface area contributed by atoms with Crippen LogP contribution in [0.4, 0.5) is 14.5 Å². The van der Waals surface area contributed by atoms with E-state index in [1.54, 1.807) is 0 Å². The Kier molecular flexibility index (Phi) is 5.45. The van der Waals surface area contributed by atoms with Gasteiger partial charge in [-0.1, -0.05) is 23.2 Å². The van der Waals surface area contributed by atoms with Crippen LogP contribution in [0.25, 0.3) is 0 Å². The number of nitrogens with zero attached hydrogens (tertiary/aromatic N) is 1. The largest absolute Gasteiger partial charge is 0.390 e. The zero-order valence-electron chi connectivity index (χ0n) is 10.0. The topological polar surface area (TPSA) is 110 Å². The third kappa shape index (κ3) is 4.20. The number of rotatable bonds is 6. The van der Waals surface area contributed by atoms with E-state index in [2.05, 4.69) is 0 Å². The van der Waals surface area contributed by atoms with Crippen LogP contribution in [0.15, 0.2) is 17.0 Å². The van der Waals surface area contributed by atoms with E-state index in [9.17, 15) is 27.3 Å². The molecule has 0 aromatic heterocycles. The third-order valence-electron chi connectivity index (χ3n) is 2.26. The molecule has 0 bridgehead atoms. The van der Waals surface area contributed by atoms with Crippen LogP contribution >= 0.6 is 23.2 Å². The number of sulfonamides is 1. The second kappa shape index (κ2) is 6.36. The Morgan fingerprint density at radius 1 is 1.38 bits per heavy atom. The van der Waals surface area contributed by atoms with Crippen LogP contribution in [0.1, 0.15) is 0 Å². The molecule has 21 heavy (non-hydrogen) atoms. The van der Waals surface area contributed by atoms with E-state index in [-0.39, 0.29) is 0 Å². The van der Waals surface area contributed by atoms with Crippen molar-refractivity contribution in [1.82, 2.24) is 4.72 Å². The minimum absolute atomic E-state index is 0.398. The SMILES string of the molecule is O=[N+]([O-])c1c(Cl)ccc(S(=O)(=O)NCC(F)(F)CO)c1Cl. The first kappa shape index (κ1) is 18.0. The molecular weight excluding hydrogens is 357 g/mol. The molecule has 0 radical (unpaired) electrons. The van der Waals surface area contributed by atoms with E-state index < -0.39 is 54.6 Å². The summed E-state index contributed by atoms with van der Waals surface area (Å²) < 4.78 is 50.8. The summed E-state index contributed by atoms with van der Waals surface area (Å²) in [7, 11) is -4.54. The molecule has 1 rings (SSSR count). The number of nitro groups is 1. The third-order valence-corrected chi connectivity index (χ3v) is 4.50. The smallest absolute Gasteiger partial charge is 0.307 e. The summed E-state index contributed by atoms with van der Waals surface area (Å²) in [5.74, 6) is -3.68. The molecule has 2 N–H and O–H groups in total. The summed E-state index contributed by atoms with van der Waals surface area (Å²) in [5, 5.41) is 17.9. The molecule has 7 nitrogen and oxygen atoms in total. The molecule has 0 saturated heterocycles. The second-order valence-corrected chi connectivity index (χ2v) is 6.32. The van der Waals surface area contributed by atoms with Crippen LogP contribution in [0.5, 0.6) is 0 Å². The van der Waals surface area contributed by atoms with Crippen LogP contribution in [-0.4, -0.2) is 37.5 Å². The highest BCUT2D eigenvalue weighted by Crippen LogP contribution is 2.37. The predicted octanol–water partition coefficient (Wildman–Crippen LogP) is 1.81. The maximum Gasteiger partial charge on any atom is 0.307 e. The van der Waals surface area contributed by atoms with Crippen LogP contribution in [0.2, 0.25) is 10.0 Å². The molecule has 118 valence electrons. The highest BCUT2D eigenvalue weighted by atomic mass is 35.5. The molecule has 0 atom stereocenters. The van der Waals surface area contributed by atoms with Crippen molar-refractivity contribution in [1.29, 1.82) is 0 Å². The molecule has 1 aromatic carbocycles. The fraction of sp³-hybridized carbons (Fsp3) is 0.333. The minimum atomic E-state index is -4.54. The van der Waals surface area contributed by atoms with Gasteiger partial charge in [0.05, 0.1) is 11.5 Å². The molecule has 0 unspecified atom stereocenters. The fourth-order valence-electron chi connectivity index (χ4n) is 1.23. The fourth-order valence-corrected chi connectivity index (χ4v) is 3.18. The van der Waals surface area contributed by atoms with Gasteiger partial charge in [-0.05, 0) is 12.1 Å². The van der Waals surface area contributed by atoms with Gasteiger partial charge in [0.1, 0.15) is 21.5 Å². The van der Waals surface area contributed by atoms with Gasteiger partial charge in [0.2, 0.25) is 10.0 Å². The first-order valence-electron chi connectivity index (χ1n) is 5.12. The molecular formula is C9H8Cl2F2N2O5S. The quantitative estimate of drug-likeness (QED) is 0.590. The molecule has 0 heterocycles. The van der Waals surface area contributed by atoms with Crippen LogP contribution in [0, 0.1) is 10.1 Å². The van der Waals surface area contributed by atoms with Crippen molar-refractivity contribution >= 4 is 38.9 Å². The van der Waals surface area contributed by atoms with Crippen molar-refractivity contribution < 1.29 is 27.2 Å². The van der Waals surface area contributed by atoms with Crippen LogP contribution in [-0.2, 0) is 10.0 Å². The summed E-state index contributed by atoms with van der Waals surface area (Å²) in [5.41, 5.74) is -0.852. The first-order chi connectivity index (χ1) is 9.52. The van der Waals surface area contributed by atoms with Crippen molar-refractivity contribution in [3.8, 4) is 0 Å². The molecule has 0 amide bonds. The lowest BCUT2D eigenvalue weighted by molar-refractivity contribution is -0.384. The molecule has 0 spiro atoms. The number of aliphatic hydroxyl groups is 1. The van der Waals surface area contributed by atoms with Crippen molar-refractivity contribution in [3.63, 3.8) is 0 Å². The Bertz CT molecular complexity index is 668. The number of hydrogen-bond donors (Lipinski definition) is 2. The Balaban J connectivity index is 3.22. The van der Waals surface area contributed by atoms with E-state index in [1.165, 1.54) is 4.72 Å². The lowest BCUT2D eigenvalue weighted by Gasteiger charge is -2.14. The second-order valence-electron chi connectivity index (χ2n) is 3.80. The highest BCUT2D eigenvalue weighted by molar-refractivity contribution is 7.89. The number of nitrogens with one attached hydrogen (secondary N) is 1. The molecule has 0 aliphatic heterocycles. The van der Waals surface area contributed by atoms with Gasteiger partial charge in [-0.15, -0.1) is 0 Å². The maximum atomic E-state index is 12.8. The van der Waals surface area contributed by atoms with Gasteiger partial charge in [0.25, 0.3) is 5.92 Å². The van der Waals surface area contributed by atoms with Gasteiger partial charge < -0.3 is 5.11 Å². The molecule has 0 aliphatic carbocycles. The molecule has 0 saturated carbocycles. The van der Waals surface area contributed by atoms with Crippen molar-refractivity contribution in [2.45, 2.75) is 10.8 Å². The predicted molar refractivity (Wildman–Crippen MR) is 70.3 cm³/mol. The van der Waals surface area contributed by atoms with Crippen molar-refractivity contribution in [3.05, 3.63) is 32.3 Å². The number of benzene rings is 1. The average Bonchev–Trinajstić information content (AvgIpc) is 2.36. The average molecular weight is 365 g/mol. The Labute approximate surface area is 127 Å². The minimum Gasteiger partial charge on any atom is -0.390 e. The Morgan fingerprint density at radius 2 is 1.95 bits per heavy atom. The van der Waals surface area contributed by atoms with E-state index in [1.807, 2.05) is 0 Å². The van der Waals surface area contributed by atoms with Gasteiger partial charge in [-0.3, -0.25) is 10.1 Å². The summed E-state index contributed by atoms with van der Waals surface area (Å²) in [6, 6.07) is 1.75. The normalized spacial score (nSPS) is 12.4. The van der Waals surface area contributed by atoms with E-state index in [0.29, 0.717) is 0 Å². The Morgan fingerprint density at radius 3 is 2.43 bits per heavy atom. The first-order valence-corrected chi connectivity index (χ1v) is 7.36. The summed E-state index contributed by atoms with van der Waals surface area (Å²) in [6.45, 7) is -2.96.